The number of rotatable bonds is 3. The monoisotopic (exact) mass is 182 g/mol. The van der Waals surface area contributed by atoms with E-state index in [9.17, 15) is 4.79 Å². The third kappa shape index (κ3) is 2.08. The molecule has 1 heterocycles. The first-order chi connectivity index (χ1) is 6.16. The quantitative estimate of drug-likeness (QED) is 0.724. The van der Waals surface area contributed by atoms with Crippen molar-refractivity contribution in [1.29, 1.82) is 0 Å². The zero-order valence-electron chi connectivity index (χ0n) is 8.13. The molecule has 0 saturated heterocycles. The topological polar surface area (TPSA) is 55.0 Å². The van der Waals surface area contributed by atoms with Crippen LogP contribution in [-0.4, -0.2) is 22.8 Å². The van der Waals surface area contributed by atoms with Crippen LogP contribution < -0.4 is 0 Å². The standard InChI is InChI=1S/C9H14N2O2/c1-4-13-9(12)8-7(6(2)3)5-10-11-8/h5-6H,4H2,1-3H3,(H,10,11). The van der Waals surface area contributed by atoms with Crippen molar-refractivity contribution in [3.8, 4) is 0 Å². The molecule has 1 aromatic rings. The first-order valence-corrected chi connectivity index (χ1v) is 4.37. The van der Waals surface area contributed by atoms with E-state index in [1.807, 2.05) is 13.8 Å². The summed E-state index contributed by atoms with van der Waals surface area (Å²) in [6.45, 7) is 6.18. The van der Waals surface area contributed by atoms with Gasteiger partial charge in [-0.15, -0.1) is 0 Å². The number of nitrogens with one attached hydrogen (secondary N) is 1. The van der Waals surface area contributed by atoms with E-state index in [2.05, 4.69) is 10.2 Å². The summed E-state index contributed by atoms with van der Waals surface area (Å²) < 4.78 is 4.87. The molecule has 0 bridgehead atoms. The number of hydrogen-bond donors (Lipinski definition) is 1. The number of aromatic nitrogens is 2. The molecule has 0 aliphatic rings. The number of carbonyl (C=O) groups is 1. The van der Waals surface area contributed by atoms with Crippen LogP contribution in [0.3, 0.4) is 0 Å². The maximum atomic E-state index is 11.3. The van der Waals surface area contributed by atoms with Crippen LogP contribution in [-0.2, 0) is 4.74 Å². The molecule has 0 aliphatic carbocycles. The van der Waals surface area contributed by atoms with Gasteiger partial charge in [0.15, 0.2) is 0 Å². The molecule has 0 fully saturated rings. The second kappa shape index (κ2) is 4.07. The zero-order valence-corrected chi connectivity index (χ0v) is 8.13. The Hall–Kier alpha value is -1.32. The Kier molecular flexibility index (Phi) is 3.06. The average Bonchev–Trinajstić information content (AvgIpc) is 2.52. The number of esters is 1. The predicted molar refractivity (Wildman–Crippen MR) is 48.6 cm³/mol. The maximum absolute atomic E-state index is 11.3. The predicted octanol–water partition coefficient (Wildman–Crippen LogP) is 1.71. The van der Waals surface area contributed by atoms with Gasteiger partial charge in [-0.1, -0.05) is 13.8 Å². The number of H-pyrrole nitrogens is 1. The van der Waals surface area contributed by atoms with E-state index in [0.717, 1.165) is 5.56 Å². The fourth-order valence-corrected chi connectivity index (χ4v) is 1.10. The molecule has 1 N–H and O–H groups in total. The third-order valence-corrected chi connectivity index (χ3v) is 1.77. The Morgan fingerprint density at radius 1 is 1.69 bits per heavy atom. The number of hydrogen-bond acceptors (Lipinski definition) is 3. The van der Waals surface area contributed by atoms with E-state index >= 15 is 0 Å². The van der Waals surface area contributed by atoms with Crippen LogP contribution in [0.25, 0.3) is 0 Å². The molecule has 1 rings (SSSR count). The molecule has 0 aliphatic heterocycles. The van der Waals surface area contributed by atoms with Crippen LogP contribution in [0.2, 0.25) is 0 Å². The van der Waals surface area contributed by atoms with Gasteiger partial charge in [0.25, 0.3) is 0 Å². The summed E-state index contributed by atoms with van der Waals surface area (Å²) in [6, 6.07) is 0. The van der Waals surface area contributed by atoms with Crippen molar-refractivity contribution in [2.24, 2.45) is 0 Å². The largest absolute Gasteiger partial charge is 0.461 e. The van der Waals surface area contributed by atoms with Gasteiger partial charge in [-0.3, -0.25) is 5.10 Å². The zero-order chi connectivity index (χ0) is 9.84. The summed E-state index contributed by atoms with van der Waals surface area (Å²) in [7, 11) is 0. The van der Waals surface area contributed by atoms with Crippen LogP contribution in [0.4, 0.5) is 0 Å². The summed E-state index contributed by atoms with van der Waals surface area (Å²) in [5, 5.41) is 6.47. The minimum Gasteiger partial charge on any atom is -0.461 e. The molecule has 0 amide bonds. The molecule has 0 radical (unpaired) electrons. The van der Waals surface area contributed by atoms with Crippen LogP contribution in [0.5, 0.6) is 0 Å². The molecule has 0 spiro atoms. The highest BCUT2D eigenvalue weighted by molar-refractivity contribution is 5.88. The second-order valence-electron chi connectivity index (χ2n) is 3.08. The summed E-state index contributed by atoms with van der Waals surface area (Å²) >= 11 is 0. The molecular weight excluding hydrogens is 168 g/mol. The number of nitrogens with zero attached hydrogens (tertiary/aromatic N) is 1. The van der Waals surface area contributed by atoms with Crippen LogP contribution in [0.15, 0.2) is 6.20 Å². The lowest BCUT2D eigenvalue weighted by Gasteiger charge is -2.04. The van der Waals surface area contributed by atoms with E-state index in [0.29, 0.717) is 12.3 Å². The Balaban J connectivity index is 2.87. The minimum atomic E-state index is -0.330. The average molecular weight is 182 g/mol. The molecule has 13 heavy (non-hydrogen) atoms. The fraction of sp³-hybridized carbons (Fsp3) is 0.556. The number of ether oxygens (including phenoxy) is 1. The van der Waals surface area contributed by atoms with Gasteiger partial charge in [-0.05, 0) is 12.8 Å². The Morgan fingerprint density at radius 2 is 2.38 bits per heavy atom. The molecule has 0 atom stereocenters. The summed E-state index contributed by atoms with van der Waals surface area (Å²) in [6.07, 6.45) is 1.66. The van der Waals surface area contributed by atoms with Gasteiger partial charge in [-0.25, -0.2) is 4.79 Å². The first-order valence-electron chi connectivity index (χ1n) is 4.37. The maximum Gasteiger partial charge on any atom is 0.356 e. The fourth-order valence-electron chi connectivity index (χ4n) is 1.10. The SMILES string of the molecule is CCOC(=O)c1[nH]ncc1C(C)C. The first kappa shape index (κ1) is 9.77. The Bertz CT molecular complexity index is 292. The van der Waals surface area contributed by atoms with E-state index in [1.165, 1.54) is 0 Å². The van der Waals surface area contributed by atoms with Crippen molar-refractivity contribution in [3.05, 3.63) is 17.5 Å². The lowest BCUT2D eigenvalue weighted by atomic mass is 10.0. The van der Waals surface area contributed by atoms with Crippen molar-refractivity contribution >= 4 is 5.97 Å². The highest BCUT2D eigenvalue weighted by atomic mass is 16.5. The minimum absolute atomic E-state index is 0.276. The Labute approximate surface area is 77.3 Å². The van der Waals surface area contributed by atoms with Gasteiger partial charge in [0.05, 0.1) is 12.8 Å². The van der Waals surface area contributed by atoms with E-state index in [-0.39, 0.29) is 11.9 Å². The lowest BCUT2D eigenvalue weighted by Crippen LogP contribution is -2.08. The highest BCUT2D eigenvalue weighted by Crippen LogP contribution is 2.17. The lowest BCUT2D eigenvalue weighted by molar-refractivity contribution is 0.0517. The van der Waals surface area contributed by atoms with Crippen molar-refractivity contribution < 1.29 is 9.53 Å². The molecule has 72 valence electrons. The molecule has 4 nitrogen and oxygen atoms in total. The van der Waals surface area contributed by atoms with Gasteiger partial charge >= 0.3 is 5.97 Å². The molecule has 1 aromatic heterocycles. The summed E-state index contributed by atoms with van der Waals surface area (Å²) in [4.78, 5) is 11.3. The Morgan fingerprint density at radius 3 is 2.92 bits per heavy atom. The highest BCUT2D eigenvalue weighted by Gasteiger charge is 2.16. The van der Waals surface area contributed by atoms with Crippen LogP contribution >= 0.6 is 0 Å². The molecular formula is C9H14N2O2. The van der Waals surface area contributed by atoms with Gasteiger partial charge in [-0.2, -0.15) is 5.10 Å². The number of carbonyl (C=O) groups excluding carboxylic acids is 1. The van der Waals surface area contributed by atoms with E-state index < -0.39 is 0 Å². The third-order valence-electron chi connectivity index (χ3n) is 1.77. The van der Waals surface area contributed by atoms with Gasteiger partial charge in [0.2, 0.25) is 0 Å². The van der Waals surface area contributed by atoms with Crippen LogP contribution in [0, 0.1) is 0 Å². The second-order valence-corrected chi connectivity index (χ2v) is 3.08. The molecule has 4 heteroatoms. The smallest absolute Gasteiger partial charge is 0.356 e. The van der Waals surface area contributed by atoms with Gasteiger partial charge in [0.1, 0.15) is 5.69 Å². The van der Waals surface area contributed by atoms with Crippen molar-refractivity contribution in [2.45, 2.75) is 26.7 Å². The summed E-state index contributed by atoms with van der Waals surface area (Å²) in [5.74, 6) is -0.0538. The molecule has 0 unspecified atom stereocenters. The van der Waals surface area contributed by atoms with Crippen molar-refractivity contribution in [3.63, 3.8) is 0 Å². The normalized spacial score (nSPS) is 10.5. The van der Waals surface area contributed by atoms with Gasteiger partial charge < -0.3 is 4.74 Å². The van der Waals surface area contributed by atoms with Crippen molar-refractivity contribution in [1.82, 2.24) is 10.2 Å². The van der Waals surface area contributed by atoms with E-state index in [4.69, 9.17) is 4.74 Å². The number of aromatic amines is 1. The van der Waals surface area contributed by atoms with E-state index in [1.54, 1.807) is 13.1 Å². The molecule has 0 aromatic carbocycles. The van der Waals surface area contributed by atoms with Crippen LogP contribution in [0.1, 0.15) is 42.7 Å². The van der Waals surface area contributed by atoms with Gasteiger partial charge in [0, 0.05) is 5.56 Å². The molecule has 0 saturated carbocycles. The van der Waals surface area contributed by atoms with Crippen molar-refractivity contribution in [2.75, 3.05) is 6.61 Å². The summed E-state index contributed by atoms with van der Waals surface area (Å²) in [5.41, 5.74) is 1.37.